The molecule has 4 rings (SSSR count). The predicted octanol–water partition coefficient (Wildman–Crippen LogP) is 3.08. The Balaban J connectivity index is 1.44. The van der Waals surface area contributed by atoms with Gasteiger partial charge in [-0.1, -0.05) is 13.8 Å². The Morgan fingerprint density at radius 2 is 1.86 bits per heavy atom. The average Bonchev–Trinajstić information content (AvgIpc) is 3.40. The van der Waals surface area contributed by atoms with Crippen LogP contribution >= 0.6 is 27.3 Å². The molecule has 2 aliphatic carbocycles. The first-order valence-electron chi connectivity index (χ1n) is 14.5. The maximum absolute atomic E-state index is 13.3. The first kappa shape index (κ1) is 32.6. The second-order valence-electron chi connectivity index (χ2n) is 11.8. The SMILES string of the molecule is CNC(=O)C(=O)CC[C@H](NC(=O)c1sccc1Br)C(=O)Nc1cccn(CC(=O)NC2C(C)CC3CC(C)CC2C3)c1=O. The molecule has 2 aromatic rings. The summed E-state index contributed by atoms with van der Waals surface area (Å²) in [5.41, 5.74) is -0.661. The molecular weight excluding hydrogens is 638 g/mol. The number of Topliss-reactive ketones (excluding diaryl/α,β-unsaturated/α-hetero) is 1. The lowest BCUT2D eigenvalue weighted by Crippen LogP contribution is -2.51. The van der Waals surface area contributed by atoms with Crippen molar-refractivity contribution in [2.24, 2.45) is 23.7 Å². The van der Waals surface area contributed by atoms with Crippen molar-refractivity contribution < 1.29 is 24.0 Å². The summed E-state index contributed by atoms with van der Waals surface area (Å²) < 4.78 is 1.77. The molecule has 4 amide bonds. The molecule has 0 radical (unpaired) electrons. The third-order valence-electron chi connectivity index (χ3n) is 8.41. The molecule has 232 valence electrons. The van der Waals surface area contributed by atoms with Crippen LogP contribution in [0.25, 0.3) is 0 Å². The molecule has 11 nitrogen and oxygen atoms in total. The molecule has 2 aliphatic rings. The summed E-state index contributed by atoms with van der Waals surface area (Å²) in [6.07, 6.45) is 5.55. The Hall–Kier alpha value is -3.32. The molecule has 0 aliphatic heterocycles. The number of anilines is 1. The highest BCUT2D eigenvalue weighted by Gasteiger charge is 2.40. The number of thiophene rings is 1. The molecule has 2 heterocycles. The minimum Gasteiger partial charge on any atom is -0.353 e. The molecule has 0 aromatic carbocycles. The van der Waals surface area contributed by atoms with Crippen LogP contribution in [-0.4, -0.2) is 53.1 Å². The summed E-state index contributed by atoms with van der Waals surface area (Å²) in [5, 5.41) is 12.3. The van der Waals surface area contributed by atoms with E-state index < -0.39 is 35.1 Å². The minimum absolute atomic E-state index is 0.0651. The number of rotatable bonds is 11. The van der Waals surface area contributed by atoms with Crippen LogP contribution < -0.4 is 26.8 Å². The number of hydrogen-bond acceptors (Lipinski definition) is 7. The van der Waals surface area contributed by atoms with Gasteiger partial charge in [0.2, 0.25) is 17.6 Å². The Kier molecular flexibility index (Phi) is 10.9. The number of nitrogens with zero attached hydrogens (tertiary/aromatic N) is 1. The van der Waals surface area contributed by atoms with Gasteiger partial charge in [0.25, 0.3) is 17.4 Å². The fourth-order valence-electron chi connectivity index (χ4n) is 6.52. The second-order valence-corrected chi connectivity index (χ2v) is 13.5. The third-order valence-corrected chi connectivity index (χ3v) is 10.2. The zero-order valence-electron chi connectivity index (χ0n) is 24.5. The molecule has 6 atom stereocenters. The van der Waals surface area contributed by atoms with Crippen molar-refractivity contribution in [2.75, 3.05) is 12.4 Å². The summed E-state index contributed by atoms with van der Waals surface area (Å²) in [6, 6.07) is 3.49. The van der Waals surface area contributed by atoms with Crippen molar-refractivity contribution >= 4 is 62.4 Å². The van der Waals surface area contributed by atoms with E-state index in [1.807, 2.05) is 0 Å². The number of nitrogens with one attached hydrogen (secondary N) is 4. The molecule has 43 heavy (non-hydrogen) atoms. The topological polar surface area (TPSA) is 155 Å². The Morgan fingerprint density at radius 3 is 2.56 bits per heavy atom. The number of hydrogen-bond donors (Lipinski definition) is 4. The van der Waals surface area contributed by atoms with Crippen molar-refractivity contribution in [3.63, 3.8) is 0 Å². The molecule has 0 saturated heterocycles. The van der Waals surface area contributed by atoms with Gasteiger partial charge in [-0.05, 0) is 95.3 Å². The van der Waals surface area contributed by atoms with Crippen molar-refractivity contribution in [1.82, 2.24) is 20.5 Å². The number of ketones is 1. The molecule has 2 saturated carbocycles. The number of carbonyl (C=O) groups is 5. The van der Waals surface area contributed by atoms with E-state index in [-0.39, 0.29) is 37.0 Å². The monoisotopic (exact) mass is 675 g/mol. The van der Waals surface area contributed by atoms with Crippen molar-refractivity contribution in [3.8, 4) is 0 Å². The van der Waals surface area contributed by atoms with Crippen LogP contribution in [0.15, 0.2) is 39.0 Å². The quantitative estimate of drug-likeness (QED) is 0.268. The van der Waals surface area contributed by atoms with Gasteiger partial charge in [-0.2, -0.15) is 0 Å². The Bertz CT molecular complexity index is 1440. The van der Waals surface area contributed by atoms with Gasteiger partial charge in [0.05, 0.1) is 0 Å². The van der Waals surface area contributed by atoms with E-state index in [0.717, 1.165) is 30.6 Å². The molecule has 4 N–H and O–H groups in total. The molecule has 0 spiro atoms. The lowest BCUT2D eigenvalue weighted by Gasteiger charge is -2.46. The van der Waals surface area contributed by atoms with Gasteiger partial charge >= 0.3 is 0 Å². The van der Waals surface area contributed by atoms with E-state index in [1.54, 1.807) is 17.5 Å². The summed E-state index contributed by atoms with van der Waals surface area (Å²) in [5.74, 6) is -0.960. The Morgan fingerprint density at radius 1 is 1.09 bits per heavy atom. The van der Waals surface area contributed by atoms with E-state index >= 15 is 0 Å². The molecule has 2 aromatic heterocycles. The largest absolute Gasteiger partial charge is 0.353 e. The van der Waals surface area contributed by atoms with E-state index in [9.17, 15) is 28.8 Å². The summed E-state index contributed by atoms with van der Waals surface area (Å²) in [7, 11) is 1.32. The van der Waals surface area contributed by atoms with Crippen LogP contribution in [0.4, 0.5) is 5.69 Å². The minimum atomic E-state index is -1.22. The van der Waals surface area contributed by atoms with Gasteiger partial charge in [-0.25, -0.2) is 0 Å². The maximum atomic E-state index is 13.3. The number of likely N-dealkylation sites (N-methyl/N-ethyl adjacent to an activating group) is 1. The second kappa shape index (κ2) is 14.4. The van der Waals surface area contributed by atoms with Crippen LogP contribution in [0.3, 0.4) is 0 Å². The summed E-state index contributed by atoms with van der Waals surface area (Å²) in [6.45, 7) is 4.24. The highest BCUT2D eigenvalue weighted by Crippen LogP contribution is 2.44. The van der Waals surface area contributed by atoms with Crippen molar-refractivity contribution in [3.05, 3.63) is 49.5 Å². The summed E-state index contributed by atoms with van der Waals surface area (Å²) in [4.78, 5) is 76.6. The van der Waals surface area contributed by atoms with E-state index in [2.05, 4.69) is 51.0 Å². The van der Waals surface area contributed by atoms with Crippen LogP contribution in [0.5, 0.6) is 0 Å². The molecule has 13 heteroatoms. The lowest BCUT2D eigenvalue weighted by atomic mass is 9.63. The van der Waals surface area contributed by atoms with E-state index in [0.29, 0.717) is 33.0 Å². The normalized spacial score (nSPS) is 23.5. The zero-order chi connectivity index (χ0) is 31.3. The van der Waals surface area contributed by atoms with Gasteiger partial charge in [-0.15, -0.1) is 11.3 Å². The first-order chi connectivity index (χ1) is 20.5. The van der Waals surface area contributed by atoms with Crippen molar-refractivity contribution in [2.45, 2.75) is 71.0 Å². The molecule has 2 fully saturated rings. The van der Waals surface area contributed by atoms with Crippen LogP contribution in [0.2, 0.25) is 0 Å². The van der Waals surface area contributed by atoms with Gasteiger partial charge in [0.1, 0.15) is 23.2 Å². The fraction of sp³-hybridized carbons (Fsp3) is 0.533. The number of amides is 4. The molecule has 2 bridgehead atoms. The number of fused-ring (bicyclic) bond motifs is 2. The average molecular weight is 677 g/mol. The Labute approximate surface area is 262 Å². The standard InChI is InChI=1S/C30H38BrN5O6S/c1-16-11-18-13-17(2)25(19(12-16)14-18)35-24(38)15-36-9-4-5-22(30(36)42)34-27(39)21(6-7-23(37)28(40)32-3)33-29(41)26-20(31)8-10-43-26/h4-5,8-10,16-19,21,25H,6-7,11-15H2,1-3H3,(H,32,40)(H,33,41)(H,34,39)(H,35,38)/t16?,17?,18?,19?,21-,25?/m0/s1. The number of aromatic nitrogens is 1. The van der Waals surface area contributed by atoms with Crippen molar-refractivity contribution in [1.29, 1.82) is 0 Å². The smallest absolute Gasteiger partial charge is 0.287 e. The van der Waals surface area contributed by atoms with Gasteiger partial charge < -0.3 is 25.8 Å². The van der Waals surface area contributed by atoms with Gasteiger partial charge in [-0.3, -0.25) is 28.8 Å². The lowest BCUT2D eigenvalue weighted by molar-refractivity contribution is -0.137. The predicted molar refractivity (Wildman–Crippen MR) is 167 cm³/mol. The molecule has 5 unspecified atom stereocenters. The van der Waals surface area contributed by atoms with E-state index in [1.165, 1.54) is 30.3 Å². The first-order valence-corrected chi connectivity index (χ1v) is 16.2. The molecular formula is C30H38BrN5O6S. The van der Waals surface area contributed by atoms with E-state index in [4.69, 9.17) is 0 Å². The number of halogens is 1. The fourth-order valence-corrected chi connectivity index (χ4v) is 7.98. The number of pyridine rings is 1. The van der Waals surface area contributed by atoms with Crippen LogP contribution in [-0.2, 0) is 25.7 Å². The van der Waals surface area contributed by atoms with Crippen LogP contribution in [0.1, 0.15) is 62.0 Å². The highest BCUT2D eigenvalue weighted by molar-refractivity contribution is 9.10. The maximum Gasteiger partial charge on any atom is 0.287 e. The third kappa shape index (κ3) is 8.20. The highest BCUT2D eigenvalue weighted by atomic mass is 79.9. The van der Waals surface area contributed by atoms with Crippen LogP contribution in [0, 0.1) is 23.7 Å². The summed E-state index contributed by atoms with van der Waals surface area (Å²) >= 11 is 4.45. The zero-order valence-corrected chi connectivity index (χ0v) is 26.9. The number of carbonyl (C=O) groups excluding carboxylic acids is 5. The van der Waals surface area contributed by atoms with Gasteiger partial charge in [0, 0.05) is 30.2 Å². The van der Waals surface area contributed by atoms with Gasteiger partial charge in [0.15, 0.2) is 0 Å².